The third-order valence-electron chi connectivity index (χ3n) is 2.69. The Hall–Kier alpha value is -0.980. The molecular formula is C11H19N3O3. The van der Waals surface area contributed by atoms with Crippen molar-refractivity contribution in [2.75, 3.05) is 26.3 Å². The number of hydrogen-bond acceptors (Lipinski definition) is 6. The first-order chi connectivity index (χ1) is 8.13. The van der Waals surface area contributed by atoms with Crippen molar-refractivity contribution in [3.8, 4) is 0 Å². The molecule has 0 bridgehead atoms. The van der Waals surface area contributed by atoms with Crippen molar-refractivity contribution in [1.29, 1.82) is 0 Å². The van der Waals surface area contributed by atoms with E-state index < -0.39 is 5.60 Å². The zero-order valence-corrected chi connectivity index (χ0v) is 10.5. The lowest BCUT2D eigenvalue weighted by Gasteiger charge is -2.21. The van der Waals surface area contributed by atoms with Crippen molar-refractivity contribution in [2.24, 2.45) is 0 Å². The molecule has 0 spiro atoms. The summed E-state index contributed by atoms with van der Waals surface area (Å²) in [5.74, 6) is 1.07. The van der Waals surface area contributed by atoms with Crippen molar-refractivity contribution < 1.29 is 14.0 Å². The van der Waals surface area contributed by atoms with Crippen LogP contribution in [0.2, 0.25) is 0 Å². The maximum atomic E-state index is 5.57. The van der Waals surface area contributed by atoms with Crippen molar-refractivity contribution in [1.82, 2.24) is 15.5 Å². The van der Waals surface area contributed by atoms with Gasteiger partial charge in [0.1, 0.15) is 11.7 Å². The maximum Gasteiger partial charge on any atom is 0.257 e. The highest BCUT2D eigenvalue weighted by atomic mass is 16.5. The van der Waals surface area contributed by atoms with Gasteiger partial charge in [-0.15, -0.1) is 0 Å². The molecule has 1 fully saturated rings. The summed E-state index contributed by atoms with van der Waals surface area (Å²) >= 11 is 0. The minimum absolute atomic E-state index is 0.151. The predicted octanol–water partition coefficient (Wildman–Crippen LogP) is 1.00. The first kappa shape index (κ1) is 12.5. The molecule has 1 aromatic rings. The normalized spacial score (nSPS) is 21.7. The fraction of sp³-hybridized carbons (Fsp3) is 0.818. The standard InChI is InChI=1S/C11H19N3O3/c1-4-16-11(2,3)10-13-9(17-14-10)8-7-12-5-6-15-8/h8,12H,4-7H2,1-3H3. The molecular weight excluding hydrogens is 222 g/mol. The lowest BCUT2D eigenvalue weighted by molar-refractivity contribution is -0.0221. The van der Waals surface area contributed by atoms with Gasteiger partial charge in [0.2, 0.25) is 5.82 Å². The second-order valence-electron chi connectivity index (χ2n) is 4.46. The molecule has 17 heavy (non-hydrogen) atoms. The maximum absolute atomic E-state index is 5.57. The Morgan fingerprint density at radius 1 is 1.53 bits per heavy atom. The van der Waals surface area contributed by atoms with Gasteiger partial charge in [0.05, 0.1) is 6.61 Å². The number of morpholine rings is 1. The lowest BCUT2D eigenvalue weighted by Crippen LogP contribution is -2.33. The Morgan fingerprint density at radius 2 is 2.35 bits per heavy atom. The third-order valence-corrected chi connectivity index (χ3v) is 2.69. The molecule has 1 aromatic heterocycles. The molecule has 2 rings (SSSR count). The van der Waals surface area contributed by atoms with Gasteiger partial charge in [-0.2, -0.15) is 4.98 Å². The summed E-state index contributed by atoms with van der Waals surface area (Å²) in [5, 5.41) is 7.19. The van der Waals surface area contributed by atoms with Crippen LogP contribution in [0, 0.1) is 0 Å². The van der Waals surface area contributed by atoms with Crippen LogP contribution in [0.3, 0.4) is 0 Å². The molecule has 1 saturated heterocycles. The molecule has 0 aromatic carbocycles. The van der Waals surface area contributed by atoms with Gasteiger partial charge in [-0.25, -0.2) is 0 Å². The highest BCUT2D eigenvalue weighted by molar-refractivity contribution is 4.99. The Labute approximate surface area is 101 Å². The summed E-state index contributed by atoms with van der Waals surface area (Å²) in [6, 6.07) is 0. The van der Waals surface area contributed by atoms with Crippen LogP contribution < -0.4 is 5.32 Å². The van der Waals surface area contributed by atoms with E-state index >= 15 is 0 Å². The van der Waals surface area contributed by atoms with Crippen LogP contribution in [-0.2, 0) is 15.1 Å². The zero-order valence-electron chi connectivity index (χ0n) is 10.5. The SMILES string of the molecule is CCOC(C)(C)c1noc(C2CNCCO2)n1. The largest absolute Gasteiger partial charge is 0.368 e. The van der Waals surface area contributed by atoms with Gasteiger partial charge >= 0.3 is 0 Å². The summed E-state index contributed by atoms with van der Waals surface area (Å²) < 4.78 is 16.4. The van der Waals surface area contributed by atoms with Crippen LogP contribution >= 0.6 is 0 Å². The van der Waals surface area contributed by atoms with E-state index in [2.05, 4.69) is 15.5 Å². The van der Waals surface area contributed by atoms with Crippen LogP contribution in [0.5, 0.6) is 0 Å². The monoisotopic (exact) mass is 241 g/mol. The summed E-state index contributed by atoms with van der Waals surface area (Å²) in [6.07, 6.45) is -0.151. The Balaban J connectivity index is 2.09. The quantitative estimate of drug-likeness (QED) is 0.848. The van der Waals surface area contributed by atoms with E-state index in [9.17, 15) is 0 Å². The first-order valence-corrected chi connectivity index (χ1v) is 5.94. The van der Waals surface area contributed by atoms with Crippen LogP contribution in [0.15, 0.2) is 4.52 Å². The van der Waals surface area contributed by atoms with Crippen molar-refractivity contribution in [2.45, 2.75) is 32.5 Å². The second-order valence-corrected chi connectivity index (χ2v) is 4.46. The van der Waals surface area contributed by atoms with Crippen molar-refractivity contribution >= 4 is 0 Å². The third kappa shape index (κ3) is 2.83. The Morgan fingerprint density at radius 3 is 3.00 bits per heavy atom. The molecule has 2 heterocycles. The molecule has 96 valence electrons. The van der Waals surface area contributed by atoms with Gasteiger partial charge in [0.25, 0.3) is 5.89 Å². The van der Waals surface area contributed by atoms with Gasteiger partial charge < -0.3 is 19.3 Å². The van der Waals surface area contributed by atoms with Crippen LogP contribution in [0.4, 0.5) is 0 Å². The minimum Gasteiger partial charge on any atom is -0.368 e. The first-order valence-electron chi connectivity index (χ1n) is 5.94. The molecule has 1 aliphatic heterocycles. The zero-order chi connectivity index (χ0) is 12.3. The van der Waals surface area contributed by atoms with E-state index in [0.29, 0.717) is 31.5 Å². The molecule has 1 aliphatic rings. The summed E-state index contributed by atoms with van der Waals surface area (Å²) in [5.41, 5.74) is -0.529. The average Bonchev–Trinajstić information content (AvgIpc) is 2.80. The van der Waals surface area contributed by atoms with Gasteiger partial charge in [-0.1, -0.05) is 5.16 Å². The smallest absolute Gasteiger partial charge is 0.257 e. The van der Waals surface area contributed by atoms with Gasteiger partial charge in [0, 0.05) is 19.7 Å². The number of hydrogen-bond donors (Lipinski definition) is 1. The summed E-state index contributed by atoms with van der Waals surface area (Å²) in [4.78, 5) is 4.36. The van der Waals surface area contributed by atoms with E-state index in [0.717, 1.165) is 6.54 Å². The van der Waals surface area contributed by atoms with Gasteiger partial charge in [-0.3, -0.25) is 0 Å². The molecule has 0 aliphatic carbocycles. The lowest BCUT2D eigenvalue weighted by atomic mass is 10.1. The molecule has 1 atom stereocenters. The van der Waals surface area contributed by atoms with Crippen LogP contribution in [0.25, 0.3) is 0 Å². The molecule has 0 radical (unpaired) electrons. The number of nitrogens with zero attached hydrogens (tertiary/aromatic N) is 2. The fourth-order valence-corrected chi connectivity index (χ4v) is 1.76. The number of ether oxygens (including phenoxy) is 2. The highest BCUT2D eigenvalue weighted by Crippen LogP contribution is 2.24. The molecule has 6 nitrogen and oxygen atoms in total. The highest BCUT2D eigenvalue weighted by Gasteiger charge is 2.30. The predicted molar refractivity (Wildman–Crippen MR) is 60.5 cm³/mol. The minimum atomic E-state index is -0.529. The van der Waals surface area contributed by atoms with E-state index in [4.69, 9.17) is 14.0 Å². The fourth-order valence-electron chi connectivity index (χ4n) is 1.76. The van der Waals surface area contributed by atoms with Crippen molar-refractivity contribution in [3.05, 3.63) is 11.7 Å². The summed E-state index contributed by atoms with van der Waals surface area (Å²) in [6.45, 7) is 8.63. The second kappa shape index (κ2) is 5.12. The van der Waals surface area contributed by atoms with Gasteiger partial charge in [0.15, 0.2) is 0 Å². The number of aromatic nitrogens is 2. The number of rotatable bonds is 4. The molecule has 0 saturated carbocycles. The average molecular weight is 241 g/mol. The van der Waals surface area contributed by atoms with Crippen LogP contribution in [0.1, 0.15) is 38.6 Å². The molecule has 6 heteroatoms. The molecule has 1 unspecified atom stereocenters. The Kier molecular flexibility index (Phi) is 3.76. The topological polar surface area (TPSA) is 69.4 Å². The summed E-state index contributed by atoms with van der Waals surface area (Å²) in [7, 11) is 0. The van der Waals surface area contributed by atoms with Crippen molar-refractivity contribution in [3.63, 3.8) is 0 Å². The van der Waals surface area contributed by atoms with E-state index in [1.54, 1.807) is 0 Å². The van der Waals surface area contributed by atoms with E-state index in [1.165, 1.54) is 0 Å². The van der Waals surface area contributed by atoms with E-state index in [-0.39, 0.29) is 6.10 Å². The van der Waals surface area contributed by atoms with E-state index in [1.807, 2.05) is 20.8 Å². The van der Waals surface area contributed by atoms with Gasteiger partial charge in [-0.05, 0) is 20.8 Å². The molecule has 1 N–H and O–H groups in total. The molecule has 0 amide bonds. The Bertz CT molecular complexity index is 359. The number of nitrogens with one attached hydrogen (secondary N) is 1. The van der Waals surface area contributed by atoms with Crippen LogP contribution in [-0.4, -0.2) is 36.4 Å².